The van der Waals surface area contributed by atoms with Gasteiger partial charge in [-0.25, -0.2) is 14.5 Å². The first-order chi connectivity index (χ1) is 18.5. The van der Waals surface area contributed by atoms with Gasteiger partial charge >= 0.3 is 13.6 Å². The van der Waals surface area contributed by atoms with Crippen molar-refractivity contribution in [3.05, 3.63) is 22.3 Å². The number of amides is 3. The van der Waals surface area contributed by atoms with E-state index in [0.29, 0.717) is 17.1 Å². The third kappa shape index (κ3) is 6.45. The van der Waals surface area contributed by atoms with Gasteiger partial charge in [-0.05, 0) is 16.0 Å². The number of carbonyl (C=O) groups excluding carboxylic acids is 3. The summed E-state index contributed by atoms with van der Waals surface area (Å²) in [6, 6.07) is -1.13. The first-order valence-corrected chi connectivity index (χ1v) is 15.2. The summed E-state index contributed by atoms with van der Waals surface area (Å²) in [7, 11) is -2.99. The summed E-state index contributed by atoms with van der Waals surface area (Å²) in [6.07, 6.45) is -0.768. The molecule has 22 heteroatoms. The minimum atomic E-state index is -4.62. The molecule has 0 aromatic carbocycles. The Morgan fingerprint density at radius 1 is 1.41 bits per heavy atom. The van der Waals surface area contributed by atoms with E-state index in [0.717, 1.165) is 16.2 Å². The molecular formula is C17H18N9O9PS3. The number of aryl methyl sites for hydroxylation is 1. The molecule has 3 amide bonds. The van der Waals surface area contributed by atoms with E-state index in [9.17, 15) is 28.8 Å². The highest BCUT2D eigenvalue weighted by Crippen LogP contribution is 2.41. The van der Waals surface area contributed by atoms with E-state index in [1.165, 1.54) is 33.6 Å². The fourth-order valence-electron chi connectivity index (χ4n) is 3.37. The highest BCUT2D eigenvalue weighted by Gasteiger charge is 2.54. The van der Waals surface area contributed by atoms with Crippen molar-refractivity contribution in [1.29, 1.82) is 0 Å². The Labute approximate surface area is 230 Å². The summed E-state index contributed by atoms with van der Waals surface area (Å²) in [5.41, 5.74) is -0.342. The number of anilines is 1. The zero-order valence-corrected chi connectivity index (χ0v) is 22.9. The largest absolute Gasteiger partial charge is 0.477 e. The monoisotopic (exact) mass is 619 g/mol. The smallest absolute Gasteiger partial charge is 0.365 e. The van der Waals surface area contributed by atoms with Gasteiger partial charge in [0.15, 0.2) is 10.8 Å². The predicted octanol–water partition coefficient (Wildman–Crippen LogP) is -1.38. The quantitative estimate of drug-likeness (QED) is 0.0458. The molecule has 0 saturated carbocycles. The second-order valence-electron chi connectivity index (χ2n) is 7.65. The Morgan fingerprint density at radius 2 is 2.18 bits per heavy atom. The first-order valence-electron chi connectivity index (χ1n) is 10.5. The molecule has 4 rings (SSSR count). The van der Waals surface area contributed by atoms with Crippen LogP contribution in [0.3, 0.4) is 0 Å². The molecule has 208 valence electrons. The van der Waals surface area contributed by atoms with Gasteiger partial charge in [0.1, 0.15) is 22.8 Å². The molecule has 1 fully saturated rings. The number of nitrogens with one attached hydrogen (secondary N) is 2. The lowest BCUT2D eigenvalue weighted by Crippen LogP contribution is -2.71. The Hall–Kier alpha value is -3.36. The van der Waals surface area contributed by atoms with Crippen LogP contribution in [0.15, 0.2) is 27.0 Å². The molecule has 1 unspecified atom stereocenters. The molecule has 1 saturated heterocycles. The Bertz CT molecular complexity index is 1420. The molecule has 39 heavy (non-hydrogen) atoms. The van der Waals surface area contributed by atoms with Crippen LogP contribution in [0.4, 0.5) is 5.13 Å². The Kier molecular flexibility index (Phi) is 8.67. The van der Waals surface area contributed by atoms with Crippen LogP contribution in [0, 0.1) is 0 Å². The average molecular weight is 620 g/mol. The van der Waals surface area contributed by atoms with E-state index in [2.05, 4.69) is 41.1 Å². The lowest BCUT2D eigenvalue weighted by Gasteiger charge is -2.49. The summed E-state index contributed by atoms with van der Waals surface area (Å²) < 4.78 is 12.5. The average Bonchev–Trinajstić information content (AvgIpc) is 3.51. The van der Waals surface area contributed by atoms with Crippen LogP contribution in [0.1, 0.15) is 5.69 Å². The number of thioether (sulfide) groups is 2. The van der Waals surface area contributed by atoms with E-state index in [-0.39, 0.29) is 28.0 Å². The summed E-state index contributed by atoms with van der Waals surface area (Å²) in [6.45, 7) is 0. The molecule has 5 N–H and O–H groups in total. The van der Waals surface area contributed by atoms with Crippen molar-refractivity contribution in [3.8, 4) is 0 Å². The number of carboxylic acids is 1. The van der Waals surface area contributed by atoms with Gasteiger partial charge in [-0.1, -0.05) is 16.9 Å². The number of aliphatic carboxylic acids is 1. The zero-order valence-electron chi connectivity index (χ0n) is 19.5. The summed E-state index contributed by atoms with van der Waals surface area (Å²) >= 11 is 3.38. The fourth-order valence-corrected chi connectivity index (χ4v) is 6.57. The molecular weight excluding hydrogens is 601 g/mol. The second kappa shape index (κ2) is 11.8. The fraction of sp³-hybridized carbons (Fsp3) is 0.353. The SMILES string of the molecule is Cn1nnnc1SCC1=C(C(=O)O)N2C(=O)C(NC(=O)/C(=N\OCP(=O)(O)O)c3csc(NC=O)n3)[C@H]2SC1. The Morgan fingerprint density at radius 3 is 2.82 bits per heavy atom. The maximum Gasteiger partial charge on any atom is 0.365 e. The van der Waals surface area contributed by atoms with Gasteiger partial charge in [0, 0.05) is 23.9 Å². The summed E-state index contributed by atoms with van der Waals surface area (Å²) in [5, 5.41) is 30.3. The van der Waals surface area contributed by atoms with E-state index < -0.39 is 48.9 Å². The standard InChI is InChI=1S/C17H18N9O9PS3/c1-25-17(21-23-24-25)39-3-7-2-37-14-10(13(29)26(14)11(7)15(30)31)20-12(28)9(22-35-6-36(32,33)34)8-4-38-16(19-8)18-5-27/h4-5,10,14H,2-3,6H2,1H3,(H,20,28)(H,30,31)(H,18,19,27)(H2,32,33,34)/b22-9-/t10?,14-/m1/s1. The van der Waals surface area contributed by atoms with Gasteiger partial charge in [-0.3, -0.25) is 23.8 Å². The van der Waals surface area contributed by atoms with Gasteiger partial charge in [0.05, 0.1) is 0 Å². The van der Waals surface area contributed by atoms with E-state index >= 15 is 0 Å². The molecule has 0 spiro atoms. The number of hydrogen-bond donors (Lipinski definition) is 5. The molecule has 2 aliphatic heterocycles. The lowest BCUT2D eigenvalue weighted by molar-refractivity contribution is -0.150. The van der Waals surface area contributed by atoms with Crippen LogP contribution >= 0.6 is 42.5 Å². The van der Waals surface area contributed by atoms with Crippen LogP contribution < -0.4 is 10.6 Å². The number of carboxylic acid groups (broad SMARTS) is 1. The number of β-lactam (4-membered cyclic amide) rings is 1. The molecule has 2 aliphatic rings. The van der Waals surface area contributed by atoms with Crippen LogP contribution in [0.5, 0.6) is 0 Å². The number of fused-ring (bicyclic) bond motifs is 1. The topological polar surface area (TPSA) is 251 Å². The molecule has 0 aliphatic carbocycles. The highest BCUT2D eigenvalue weighted by molar-refractivity contribution is 8.01. The van der Waals surface area contributed by atoms with Crippen LogP contribution in [0.25, 0.3) is 0 Å². The van der Waals surface area contributed by atoms with E-state index in [1.807, 2.05) is 0 Å². The van der Waals surface area contributed by atoms with Crippen LogP contribution in [0.2, 0.25) is 0 Å². The number of nitrogens with zero attached hydrogens (tertiary/aromatic N) is 7. The van der Waals surface area contributed by atoms with Gasteiger partial charge in [-0.15, -0.1) is 28.2 Å². The molecule has 2 aromatic rings. The highest BCUT2D eigenvalue weighted by atomic mass is 32.2. The van der Waals surface area contributed by atoms with Crippen molar-refractivity contribution >= 4 is 77.5 Å². The first kappa shape index (κ1) is 28.6. The second-order valence-corrected chi connectivity index (χ2v) is 12.1. The van der Waals surface area contributed by atoms with Crippen molar-refractivity contribution in [2.24, 2.45) is 12.2 Å². The molecule has 18 nitrogen and oxygen atoms in total. The number of oxime groups is 1. The number of rotatable bonds is 12. The van der Waals surface area contributed by atoms with Gasteiger partial charge in [-0.2, -0.15) is 0 Å². The van der Waals surface area contributed by atoms with E-state index in [4.69, 9.17) is 9.79 Å². The minimum Gasteiger partial charge on any atom is -0.477 e. The number of thiazole rings is 1. The Balaban J connectivity index is 1.51. The molecule has 4 heterocycles. The van der Waals surface area contributed by atoms with Crippen LogP contribution in [-0.4, -0.2) is 104 Å². The number of tetrazole rings is 1. The maximum absolute atomic E-state index is 13.1. The number of carbonyl (C=O) groups is 4. The van der Waals surface area contributed by atoms with Crippen molar-refractivity contribution < 1.29 is 43.5 Å². The van der Waals surface area contributed by atoms with Crippen molar-refractivity contribution in [1.82, 2.24) is 35.4 Å². The minimum absolute atomic E-state index is 0.1000. The third-order valence-electron chi connectivity index (χ3n) is 5.02. The predicted molar refractivity (Wildman–Crippen MR) is 136 cm³/mol. The van der Waals surface area contributed by atoms with Crippen LogP contribution in [-0.2, 0) is 35.6 Å². The third-order valence-corrected chi connectivity index (χ3v) is 8.68. The van der Waals surface area contributed by atoms with Gasteiger partial charge < -0.3 is 30.4 Å². The lowest BCUT2D eigenvalue weighted by atomic mass is 10.0. The van der Waals surface area contributed by atoms with E-state index in [1.54, 1.807) is 7.05 Å². The number of hydrogen-bond acceptors (Lipinski definition) is 14. The normalized spacial score (nSPS) is 19.3. The maximum atomic E-state index is 13.1. The molecule has 2 aromatic heterocycles. The zero-order chi connectivity index (χ0) is 28.3. The van der Waals surface area contributed by atoms with Crippen molar-refractivity contribution in [2.45, 2.75) is 16.6 Å². The van der Waals surface area contributed by atoms with Crippen molar-refractivity contribution in [2.75, 3.05) is 23.2 Å². The van der Waals surface area contributed by atoms with Crippen molar-refractivity contribution in [3.63, 3.8) is 0 Å². The molecule has 0 bridgehead atoms. The van der Waals surface area contributed by atoms with Gasteiger partial charge in [0.2, 0.25) is 17.9 Å². The summed E-state index contributed by atoms with van der Waals surface area (Å²) in [4.78, 5) is 76.5. The van der Waals surface area contributed by atoms with Gasteiger partial charge in [0.25, 0.3) is 11.8 Å². The summed E-state index contributed by atoms with van der Waals surface area (Å²) in [5.74, 6) is -2.50. The molecule has 0 radical (unpaired) electrons. The number of aromatic nitrogens is 5. The molecule has 2 atom stereocenters.